The summed E-state index contributed by atoms with van der Waals surface area (Å²) in [6.07, 6.45) is -0.290. The van der Waals surface area contributed by atoms with Crippen molar-refractivity contribution in [3.8, 4) is 0 Å². The second-order valence-electron chi connectivity index (χ2n) is 3.59. The summed E-state index contributed by atoms with van der Waals surface area (Å²) < 4.78 is 4.59. The summed E-state index contributed by atoms with van der Waals surface area (Å²) in [5.74, 6) is -2.55. The number of benzene rings is 1. The largest absolute Gasteiger partial charge is 0.478 e. The highest BCUT2D eigenvalue weighted by atomic mass is 16.6. The Hall–Kier alpha value is -2.63. The van der Waals surface area contributed by atoms with Gasteiger partial charge in [0, 0.05) is 0 Å². The van der Waals surface area contributed by atoms with Crippen LogP contribution in [0, 0.1) is 0 Å². The van der Waals surface area contributed by atoms with Crippen molar-refractivity contribution in [2.45, 2.75) is 6.54 Å². The summed E-state index contributed by atoms with van der Waals surface area (Å²) in [5, 5.41) is 8.52. The molecule has 0 atom stereocenters. The number of nitrogens with zero attached hydrogens (tertiary/aromatic N) is 1. The van der Waals surface area contributed by atoms with Crippen LogP contribution in [0.3, 0.4) is 0 Å². The Morgan fingerprint density at radius 3 is 2.56 bits per heavy atom. The van der Waals surface area contributed by atoms with Crippen LogP contribution in [0.2, 0.25) is 0 Å². The van der Waals surface area contributed by atoms with Crippen molar-refractivity contribution in [1.82, 2.24) is 4.90 Å². The van der Waals surface area contributed by atoms with Crippen LogP contribution in [-0.2, 0) is 20.9 Å². The van der Waals surface area contributed by atoms with Gasteiger partial charge in [0.05, 0.1) is 12.6 Å². The molecule has 2 amide bonds. The van der Waals surface area contributed by atoms with Gasteiger partial charge in [0.25, 0.3) is 5.91 Å². The average molecular weight is 247 g/mol. The van der Waals surface area contributed by atoms with E-state index in [-0.39, 0.29) is 6.54 Å². The zero-order chi connectivity index (χ0) is 13.1. The van der Waals surface area contributed by atoms with Gasteiger partial charge >= 0.3 is 12.1 Å². The van der Waals surface area contributed by atoms with E-state index in [1.54, 1.807) is 24.3 Å². The van der Waals surface area contributed by atoms with Gasteiger partial charge in [0.15, 0.2) is 0 Å². The maximum absolute atomic E-state index is 11.7. The summed E-state index contributed by atoms with van der Waals surface area (Å²) in [6, 6.07) is 8.85. The molecule has 1 aliphatic rings. The minimum Gasteiger partial charge on any atom is -0.478 e. The first-order chi connectivity index (χ1) is 8.58. The predicted molar refractivity (Wildman–Crippen MR) is 59.2 cm³/mol. The average Bonchev–Trinajstić information content (AvgIpc) is 2.58. The van der Waals surface area contributed by atoms with Crippen molar-refractivity contribution in [1.29, 1.82) is 0 Å². The van der Waals surface area contributed by atoms with E-state index in [4.69, 9.17) is 5.11 Å². The molecule has 6 nitrogen and oxygen atoms in total. The quantitative estimate of drug-likeness (QED) is 0.809. The lowest BCUT2D eigenvalue weighted by molar-refractivity contribution is -0.132. The predicted octanol–water partition coefficient (Wildman–Crippen LogP) is 1.13. The number of imide groups is 1. The van der Waals surface area contributed by atoms with E-state index < -0.39 is 23.7 Å². The molecule has 1 aliphatic heterocycles. The molecule has 0 saturated carbocycles. The molecule has 1 fully saturated rings. The number of ether oxygens (including phenoxy) is 1. The summed E-state index contributed by atoms with van der Waals surface area (Å²) in [4.78, 5) is 34.4. The highest BCUT2D eigenvalue weighted by Gasteiger charge is 2.36. The van der Waals surface area contributed by atoms with E-state index >= 15 is 0 Å². The van der Waals surface area contributed by atoms with Crippen molar-refractivity contribution < 1.29 is 24.2 Å². The van der Waals surface area contributed by atoms with Crippen molar-refractivity contribution >= 4 is 18.0 Å². The minimum atomic E-state index is -1.34. The smallest absolute Gasteiger partial charge is 0.422 e. The van der Waals surface area contributed by atoms with E-state index in [2.05, 4.69) is 4.74 Å². The van der Waals surface area contributed by atoms with Crippen LogP contribution in [0.25, 0.3) is 0 Å². The number of cyclic esters (lactones) is 1. The standard InChI is InChI=1S/C12H9NO5/c14-10(15)6-9-11(16)13(12(17)18-9)7-8-4-2-1-3-5-8/h1-6H,7H2,(H,14,15)/b9-6-. The fourth-order valence-corrected chi connectivity index (χ4v) is 1.51. The van der Waals surface area contributed by atoms with Gasteiger partial charge in [-0.3, -0.25) is 4.79 Å². The number of rotatable bonds is 3. The van der Waals surface area contributed by atoms with E-state index in [9.17, 15) is 14.4 Å². The number of carbonyl (C=O) groups is 3. The first kappa shape index (κ1) is 11.8. The van der Waals surface area contributed by atoms with Gasteiger partial charge in [-0.15, -0.1) is 0 Å². The minimum absolute atomic E-state index is 0.0511. The molecule has 0 spiro atoms. The number of carboxylic acid groups (broad SMARTS) is 1. The van der Waals surface area contributed by atoms with Crippen LogP contribution >= 0.6 is 0 Å². The second-order valence-corrected chi connectivity index (χ2v) is 3.59. The molecular weight excluding hydrogens is 238 g/mol. The Kier molecular flexibility index (Phi) is 3.09. The van der Waals surface area contributed by atoms with Crippen LogP contribution in [0.5, 0.6) is 0 Å². The van der Waals surface area contributed by atoms with Crippen LogP contribution in [-0.4, -0.2) is 28.0 Å². The highest BCUT2D eigenvalue weighted by Crippen LogP contribution is 2.19. The third-order valence-corrected chi connectivity index (χ3v) is 2.31. The molecule has 6 heteroatoms. The third kappa shape index (κ3) is 2.37. The van der Waals surface area contributed by atoms with Gasteiger partial charge in [0.1, 0.15) is 0 Å². The Morgan fingerprint density at radius 1 is 1.28 bits per heavy atom. The van der Waals surface area contributed by atoms with Crippen LogP contribution in [0.1, 0.15) is 5.56 Å². The molecule has 1 aromatic rings. The number of amides is 2. The van der Waals surface area contributed by atoms with Crippen molar-refractivity contribution in [2.75, 3.05) is 0 Å². The normalized spacial score (nSPS) is 17.1. The van der Waals surface area contributed by atoms with E-state index in [0.717, 1.165) is 10.5 Å². The Labute approximate surface area is 102 Å². The zero-order valence-electron chi connectivity index (χ0n) is 9.20. The topological polar surface area (TPSA) is 83.9 Å². The summed E-state index contributed by atoms with van der Waals surface area (Å²) in [6.45, 7) is 0.0511. The Morgan fingerprint density at radius 2 is 1.94 bits per heavy atom. The molecule has 0 bridgehead atoms. The fraction of sp³-hybridized carbons (Fsp3) is 0.0833. The van der Waals surface area contributed by atoms with E-state index in [1.165, 1.54) is 0 Å². The Bertz CT molecular complexity index is 535. The molecule has 1 heterocycles. The number of aliphatic carboxylic acids is 1. The van der Waals surface area contributed by atoms with Crippen LogP contribution < -0.4 is 0 Å². The first-order valence-corrected chi connectivity index (χ1v) is 5.10. The van der Waals surface area contributed by atoms with Gasteiger partial charge in [-0.2, -0.15) is 0 Å². The molecule has 1 saturated heterocycles. The monoisotopic (exact) mass is 247 g/mol. The maximum atomic E-state index is 11.7. The summed E-state index contributed by atoms with van der Waals surface area (Å²) in [5.41, 5.74) is 0.749. The van der Waals surface area contributed by atoms with Gasteiger partial charge < -0.3 is 9.84 Å². The molecule has 18 heavy (non-hydrogen) atoms. The lowest BCUT2D eigenvalue weighted by Gasteiger charge is -2.09. The molecule has 0 aliphatic carbocycles. The SMILES string of the molecule is O=C(O)/C=C1\OC(=O)N(Cc2ccccc2)C1=O. The fourth-order valence-electron chi connectivity index (χ4n) is 1.51. The van der Waals surface area contributed by atoms with E-state index in [0.29, 0.717) is 6.08 Å². The van der Waals surface area contributed by atoms with Gasteiger partial charge in [-0.25, -0.2) is 14.5 Å². The van der Waals surface area contributed by atoms with Gasteiger partial charge in [-0.05, 0) is 5.56 Å². The van der Waals surface area contributed by atoms with Crippen molar-refractivity contribution in [3.63, 3.8) is 0 Å². The molecule has 92 valence electrons. The molecular formula is C12H9NO5. The Balaban J connectivity index is 2.18. The van der Waals surface area contributed by atoms with Gasteiger partial charge in [0.2, 0.25) is 5.76 Å². The van der Waals surface area contributed by atoms with Crippen molar-refractivity contribution in [3.05, 3.63) is 47.7 Å². The lowest BCUT2D eigenvalue weighted by Crippen LogP contribution is -2.28. The molecule has 0 radical (unpaired) electrons. The number of hydrogen-bond donors (Lipinski definition) is 1. The zero-order valence-corrected chi connectivity index (χ0v) is 9.20. The number of carbonyl (C=O) groups excluding carboxylic acids is 2. The summed E-state index contributed by atoms with van der Waals surface area (Å²) in [7, 11) is 0. The third-order valence-electron chi connectivity index (χ3n) is 2.31. The second kappa shape index (κ2) is 4.70. The molecule has 1 N–H and O–H groups in total. The highest BCUT2D eigenvalue weighted by molar-refractivity contribution is 6.09. The molecule has 2 rings (SSSR count). The van der Waals surface area contributed by atoms with Gasteiger partial charge in [-0.1, -0.05) is 30.3 Å². The van der Waals surface area contributed by atoms with Crippen molar-refractivity contribution in [2.24, 2.45) is 0 Å². The molecule has 0 aromatic heterocycles. The molecule has 1 aromatic carbocycles. The number of hydrogen-bond acceptors (Lipinski definition) is 4. The lowest BCUT2D eigenvalue weighted by atomic mass is 10.2. The first-order valence-electron chi connectivity index (χ1n) is 5.10. The van der Waals surface area contributed by atoms with Crippen LogP contribution in [0.4, 0.5) is 4.79 Å². The van der Waals surface area contributed by atoms with E-state index in [1.807, 2.05) is 6.07 Å². The summed E-state index contributed by atoms with van der Waals surface area (Å²) >= 11 is 0. The maximum Gasteiger partial charge on any atom is 0.422 e. The molecule has 0 unspecified atom stereocenters. The van der Waals surface area contributed by atoms with Crippen LogP contribution in [0.15, 0.2) is 42.2 Å². The number of carboxylic acids is 1.